The molecule has 0 saturated carbocycles. The van der Waals surface area contributed by atoms with Crippen LogP contribution in [0, 0.1) is 5.92 Å². The van der Waals surface area contributed by atoms with Gasteiger partial charge in [-0.05, 0) is 24.1 Å². The highest BCUT2D eigenvalue weighted by atomic mass is 35.5. The molecule has 1 aliphatic rings. The standard InChI is InChI=1S/C16H11ClF3NO4/c17-10-6-8-5-9(15(22)23)14(16(18,19)20)25-11(8)7-12(10)24-13-3-1-2-4-21-13/h1-4,6-7,9,14H,5H2,(H,22,23)/t9-,14+/m1/s1. The molecule has 25 heavy (non-hydrogen) atoms. The number of alkyl halides is 3. The normalized spacial score (nSPS) is 19.7. The highest BCUT2D eigenvalue weighted by molar-refractivity contribution is 6.32. The lowest BCUT2D eigenvalue weighted by Crippen LogP contribution is -2.47. The van der Waals surface area contributed by atoms with Crippen molar-refractivity contribution in [1.82, 2.24) is 4.98 Å². The molecular weight excluding hydrogens is 363 g/mol. The van der Waals surface area contributed by atoms with Gasteiger partial charge >= 0.3 is 12.1 Å². The lowest BCUT2D eigenvalue weighted by Gasteiger charge is -2.32. The summed E-state index contributed by atoms with van der Waals surface area (Å²) in [5.74, 6) is -3.18. The summed E-state index contributed by atoms with van der Waals surface area (Å²) in [5, 5.41) is 9.18. The van der Waals surface area contributed by atoms with Crippen molar-refractivity contribution in [2.45, 2.75) is 18.7 Å². The Balaban J connectivity index is 1.96. The quantitative estimate of drug-likeness (QED) is 0.877. The number of carbonyl (C=O) groups is 1. The molecule has 0 radical (unpaired) electrons. The van der Waals surface area contributed by atoms with Crippen LogP contribution in [-0.2, 0) is 11.2 Å². The molecule has 0 spiro atoms. The van der Waals surface area contributed by atoms with E-state index in [1.54, 1.807) is 18.2 Å². The van der Waals surface area contributed by atoms with Crippen molar-refractivity contribution in [3.63, 3.8) is 0 Å². The molecule has 2 heterocycles. The number of hydrogen-bond acceptors (Lipinski definition) is 4. The zero-order valence-corrected chi connectivity index (χ0v) is 13.2. The molecule has 2 atom stereocenters. The summed E-state index contributed by atoms with van der Waals surface area (Å²) in [6.07, 6.45) is -6.13. The molecule has 9 heteroatoms. The minimum absolute atomic E-state index is 0.0637. The lowest BCUT2D eigenvalue weighted by molar-refractivity contribution is -0.217. The number of benzene rings is 1. The molecule has 1 aromatic carbocycles. The number of carboxylic acids is 1. The molecule has 0 unspecified atom stereocenters. The molecule has 3 rings (SSSR count). The van der Waals surface area contributed by atoms with Crippen LogP contribution in [-0.4, -0.2) is 28.3 Å². The van der Waals surface area contributed by atoms with Crippen LogP contribution >= 0.6 is 11.6 Å². The van der Waals surface area contributed by atoms with Crippen molar-refractivity contribution >= 4 is 17.6 Å². The van der Waals surface area contributed by atoms with Gasteiger partial charge in [0.25, 0.3) is 0 Å². The van der Waals surface area contributed by atoms with Crippen molar-refractivity contribution in [3.05, 3.63) is 47.1 Å². The zero-order chi connectivity index (χ0) is 18.2. The number of rotatable bonds is 3. The van der Waals surface area contributed by atoms with E-state index in [4.69, 9.17) is 26.2 Å². The van der Waals surface area contributed by atoms with Gasteiger partial charge in [-0.1, -0.05) is 17.7 Å². The minimum Gasteiger partial charge on any atom is -0.481 e. The fourth-order valence-corrected chi connectivity index (χ4v) is 2.74. The molecule has 132 valence electrons. The maximum absolute atomic E-state index is 13.1. The first-order valence-electron chi connectivity index (χ1n) is 7.13. The summed E-state index contributed by atoms with van der Waals surface area (Å²) in [5.41, 5.74) is 0.270. The maximum Gasteiger partial charge on any atom is 0.426 e. The number of carboxylic acid groups (broad SMARTS) is 1. The van der Waals surface area contributed by atoms with Gasteiger partial charge in [-0.2, -0.15) is 13.2 Å². The van der Waals surface area contributed by atoms with Gasteiger partial charge in [0.05, 0.1) is 5.02 Å². The molecule has 1 N–H and O–H groups in total. The van der Waals surface area contributed by atoms with Crippen molar-refractivity contribution in [2.75, 3.05) is 0 Å². The van der Waals surface area contributed by atoms with Gasteiger partial charge in [-0.25, -0.2) is 4.98 Å². The largest absolute Gasteiger partial charge is 0.481 e. The number of pyridine rings is 1. The first-order chi connectivity index (χ1) is 11.8. The fraction of sp³-hybridized carbons (Fsp3) is 0.250. The summed E-state index contributed by atoms with van der Waals surface area (Å²) in [6.45, 7) is 0. The van der Waals surface area contributed by atoms with Gasteiger partial charge in [-0.3, -0.25) is 4.79 Å². The van der Waals surface area contributed by atoms with Gasteiger partial charge < -0.3 is 14.6 Å². The predicted octanol–water partition coefficient (Wildman–Crippen LogP) is 4.09. The fourth-order valence-electron chi connectivity index (χ4n) is 2.52. The average Bonchev–Trinajstić information content (AvgIpc) is 2.54. The van der Waals surface area contributed by atoms with Crippen molar-refractivity contribution in [2.24, 2.45) is 5.92 Å². The second-order valence-corrected chi connectivity index (χ2v) is 5.80. The summed E-state index contributed by atoms with van der Waals surface area (Å²) < 4.78 is 49.7. The van der Waals surface area contributed by atoms with E-state index in [0.29, 0.717) is 0 Å². The van der Waals surface area contributed by atoms with Crippen molar-refractivity contribution in [1.29, 1.82) is 0 Å². The molecule has 0 saturated heterocycles. The molecule has 0 bridgehead atoms. The minimum atomic E-state index is -4.82. The Morgan fingerprint density at radius 1 is 1.36 bits per heavy atom. The summed E-state index contributed by atoms with van der Waals surface area (Å²) in [4.78, 5) is 15.1. The first-order valence-corrected chi connectivity index (χ1v) is 7.51. The third kappa shape index (κ3) is 3.63. The van der Waals surface area contributed by atoms with E-state index in [-0.39, 0.29) is 34.4 Å². The van der Waals surface area contributed by atoms with Crippen LogP contribution in [0.2, 0.25) is 5.02 Å². The number of nitrogens with zero attached hydrogens (tertiary/aromatic N) is 1. The highest BCUT2D eigenvalue weighted by Gasteiger charge is 2.52. The summed E-state index contributed by atoms with van der Waals surface area (Å²) in [7, 11) is 0. The Bertz CT molecular complexity index is 798. The number of ether oxygens (including phenoxy) is 2. The molecule has 1 aliphatic heterocycles. The number of fused-ring (bicyclic) bond motifs is 1. The molecule has 5 nitrogen and oxygen atoms in total. The molecule has 0 fully saturated rings. The lowest BCUT2D eigenvalue weighted by atomic mass is 9.90. The second-order valence-electron chi connectivity index (χ2n) is 5.39. The Morgan fingerprint density at radius 3 is 2.72 bits per heavy atom. The van der Waals surface area contributed by atoms with Crippen LogP contribution in [0.25, 0.3) is 0 Å². The van der Waals surface area contributed by atoms with Crippen molar-refractivity contribution < 1.29 is 32.5 Å². The van der Waals surface area contributed by atoms with E-state index in [2.05, 4.69) is 4.98 Å². The predicted molar refractivity (Wildman–Crippen MR) is 81.1 cm³/mol. The van der Waals surface area contributed by atoms with Crippen LogP contribution in [0.1, 0.15) is 5.56 Å². The maximum atomic E-state index is 13.1. The topological polar surface area (TPSA) is 68.7 Å². The monoisotopic (exact) mass is 373 g/mol. The molecular formula is C16H11ClF3NO4. The number of aromatic nitrogens is 1. The van der Waals surface area contributed by atoms with Crippen LogP contribution < -0.4 is 9.47 Å². The van der Waals surface area contributed by atoms with Crippen LogP contribution in [0.4, 0.5) is 13.2 Å². The number of halogens is 4. The molecule has 0 aliphatic carbocycles. The molecule has 1 aromatic heterocycles. The van der Waals surface area contributed by atoms with E-state index in [0.717, 1.165) is 0 Å². The van der Waals surface area contributed by atoms with E-state index in [9.17, 15) is 18.0 Å². The van der Waals surface area contributed by atoms with Crippen LogP contribution in [0.15, 0.2) is 36.5 Å². The van der Waals surface area contributed by atoms with Gasteiger partial charge in [0, 0.05) is 18.3 Å². The first kappa shape index (κ1) is 17.3. The third-order valence-electron chi connectivity index (χ3n) is 3.67. The Hall–Kier alpha value is -2.48. The van der Waals surface area contributed by atoms with Crippen molar-refractivity contribution in [3.8, 4) is 17.4 Å². The molecule has 2 aromatic rings. The Morgan fingerprint density at radius 2 is 2.12 bits per heavy atom. The average molecular weight is 374 g/mol. The van der Waals surface area contributed by atoms with Gasteiger partial charge in [0.1, 0.15) is 11.7 Å². The number of aliphatic carboxylic acids is 1. The van der Waals surface area contributed by atoms with Crippen LogP contribution in [0.5, 0.6) is 17.4 Å². The van der Waals surface area contributed by atoms with E-state index in [1.807, 2.05) is 0 Å². The smallest absolute Gasteiger partial charge is 0.426 e. The Labute approximate surface area is 145 Å². The van der Waals surface area contributed by atoms with E-state index in [1.165, 1.54) is 18.3 Å². The van der Waals surface area contributed by atoms with Gasteiger partial charge in [-0.15, -0.1) is 0 Å². The van der Waals surface area contributed by atoms with Crippen LogP contribution in [0.3, 0.4) is 0 Å². The third-order valence-corrected chi connectivity index (χ3v) is 3.96. The van der Waals surface area contributed by atoms with Gasteiger partial charge in [0.15, 0.2) is 5.75 Å². The summed E-state index contributed by atoms with van der Waals surface area (Å²) in [6, 6.07) is 7.45. The SMILES string of the molecule is O=C(O)[C@@H]1Cc2cc(Cl)c(Oc3ccccn3)cc2O[C@@H]1C(F)(F)F. The zero-order valence-electron chi connectivity index (χ0n) is 12.5. The summed E-state index contributed by atoms with van der Waals surface area (Å²) >= 11 is 6.09. The van der Waals surface area contributed by atoms with E-state index >= 15 is 0 Å². The van der Waals surface area contributed by atoms with E-state index < -0.39 is 24.2 Å². The Kier molecular flexibility index (Phi) is 4.47. The highest BCUT2D eigenvalue weighted by Crippen LogP contribution is 2.43. The molecule has 0 amide bonds. The van der Waals surface area contributed by atoms with Gasteiger partial charge in [0.2, 0.25) is 12.0 Å². The second kappa shape index (κ2) is 6.44. The number of hydrogen-bond donors (Lipinski definition) is 1.